The molecule has 218 valence electrons. The minimum absolute atomic E-state index is 0. The first-order valence-electron chi connectivity index (χ1n) is 14.1. The number of hydrogen-bond donors (Lipinski definition) is 2. The van der Waals surface area contributed by atoms with Crippen LogP contribution in [0.15, 0.2) is 42.7 Å². The number of amides is 2. The van der Waals surface area contributed by atoms with Crippen molar-refractivity contribution in [1.82, 2.24) is 35.6 Å². The molecule has 0 atom stereocenters. The van der Waals surface area contributed by atoms with Crippen LogP contribution >= 0.6 is 0 Å². The summed E-state index contributed by atoms with van der Waals surface area (Å²) < 4.78 is 0. The molecule has 0 saturated carbocycles. The number of piperidine rings is 1. The molecule has 0 radical (unpaired) electrons. The molecule has 2 aromatic heterocycles. The van der Waals surface area contributed by atoms with Crippen LogP contribution in [0.25, 0.3) is 6.08 Å². The first-order chi connectivity index (χ1) is 19.5. The quantitative estimate of drug-likeness (QED) is 0.233. The molecule has 0 spiro atoms. The van der Waals surface area contributed by atoms with Crippen molar-refractivity contribution in [3.05, 3.63) is 74.8 Å². The summed E-state index contributed by atoms with van der Waals surface area (Å²) in [5.41, 5.74) is 1.27. The van der Waals surface area contributed by atoms with Crippen molar-refractivity contribution >= 4 is 23.7 Å². The van der Waals surface area contributed by atoms with Gasteiger partial charge >= 0.3 is 32.7 Å². The summed E-state index contributed by atoms with van der Waals surface area (Å²) in [6, 6.07) is 8.06. The van der Waals surface area contributed by atoms with E-state index < -0.39 is 0 Å². The van der Waals surface area contributed by atoms with Gasteiger partial charge in [-0.1, -0.05) is 12.5 Å². The summed E-state index contributed by atoms with van der Waals surface area (Å²) >= 11 is 0. The van der Waals surface area contributed by atoms with E-state index in [4.69, 9.17) is 0 Å². The predicted octanol–water partition coefficient (Wildman–Crippen LogP) is 2.28. The number of unbranched alkanes of at least 4 members (excludes halogenated alkanes) is 1. The fourth-order valence-corrected chi connectivity index (χ4v) is 4.63. The van der Waals surface area contributed by atoms with Gasteiger partial charge in [0.25, 0.3) is 5.91 Å². The number of rotatable bonds is 10. The van der Waals surface area contributed by atoms with Crippen molar-refractivity contribution in [2.75, 3.05) is 63.8 Å². The van der Waals surface area contributed by atoms with Gasteiger partial charge in [-0.05, 0) is 42.7 Å². The number of anilines is 1. The number of carbonyl (C=O) groups excluding carboxylic acids is 2. The van der Waals surface area contributed by atoms with Gasteiger partial charge in [-0.15, -0.1) is 23.3 Å². The Bertz CT molecular complexity index is 1040. The van der Waals surface area contributed by atoms with Crippen molar-refractivity contribution < 1.29 is 42.3 Å². The minimum atomic E-state index is -0.165. The molecule has 0 unspecified atom stereocenters. The molecule has 2 N–H and O–H groups in total. The summed E-state index contributed by atoms with van der Waals surface area (Å²) in [5, 5.41) is 14.6. The van der Waals surface area contributed by atoms with Crippen LogP contribution in [0, 0.1) is 20.8 Å². The standard InChI is InChI=1S/C18H28N6O.C12H15N2O.Y/c1-3-22(4-2)18(25)16-5-6-17(21-20-16)24-11-7-15(8-12-24)23-13-9-19-10-14-23;1-2-3-9-14-12(15)7-6-11-5-4-8-13-10-11;/h5-6,15,19H,1-4,7-14H2;4-8,10H,1-3,9H2,(H,14,15);/q-2;-1;+3/b;7-6+;. The number of aromatic nitrogens is 3. The fourth-order valence-electron chi connectivity index (χ4n) is 4.63. The van der Waals surface area contributed by atoms with E-state index in [0.717, 1.165) is 76.3 Å². The monoisotopic (exact) mass is 636 g/mol. The molecule has 41 heavy (non-hydrogen) atoms. The molecule has 11 heteroatoms. The van der Waals surface area contributed by atoms with Crippen LogP contribution in [0.5, 0.6) is 0 Å². The molecule has 0 bridgehead atoms. The third kappa shape index (κ3) is 11.9. The molecule has 0 aromatic carbocycles. The zero-order valence-electron chi connectivity index (χ0n) is 24.1. The van der Waals surface area contributed by atoms with Crippen molar-refractivity contribution in [2.24, 2.45) is 0 Å². The second-order valence-corrected chi connectivity index (χ2v) is 9.69. The average Bonchev–Trinajstić information content (AvgIpc) is 3.02. The van der Waals surface area contributed by atoms with E-state index >= 15 is 0 Å². The normalized spacial score (nSPS) is 15.9. The molecule has 4 heterocycles. The van der Waals surface area contributed by atoms with Crippen LogP contribution in [0.3, 0.4) is 0 Å². The van der Waals surface area contributed by atoms with E-state index in [1.807, 2.05) is 18.2 Å². The fraction of sp³-hybridized carbons (Fsp3) is 0.467. The summed E-state index contributed by atoms with van der Waals surface area (Å²) in [6.07, 6.45) is 10.7. The first kappa shape index (κ1) is 34.9. The van der Waals surface area contributed by atoms with Gasteiger partial charge in [0, 0.05) is 70.3 Å². The van der Waals surface area contributed by atoms with Gasteiger partial charge in [-0.25, -0.2) is 0 Å². The molecule has 2 aliphatic heterocycles. The summed E-state index contributed by atoms with van der Waals surface area (Å²) in [4.78, 5) is 33.8. The minimum Gasteiger partial charge on any atom is -0.397 e. The third-order valence-electron chi connectivity index (χ3n) is 6.99. The van der Waals surface area contributed by atoms with Gasteiger partial charge in [-0.3, -0.25) is 19.5 Å². The van der Waals surface area contributed by atoms with Gasteiger partial charge in [0.15, 0.2) is 11.5 Å². The molecule has 2 aromatic rings. The summed E-state index contributed by atoms with van der Waals surface area (Å²) in [7, 11) is 0. The van der Waals surface area contributed by atoms with E-state index in [1.54, 1.807) is 29.4 Å². The van der Waals surface area contributed by atoms with Gasteiger partial charge in [-0.2, -0.15) is 6.42 Å². The third-order valence-corrected chi connectivity index (χ3v) is 6.99. The SMILES string of the molecule is [CH2-]CCCNC(=O)/C=C/c1cccnc1.[CH2-]CN(C[CH2-])C(=O)c1ccc(N2CCC(N3CCNCC3)CC2)nn1.[Y+3]. The Labute approximate surface area is 270 Å². The number of pyridine rings is 1. The van der Waals surface area contributed by atoms with Gasteiger partial charge < -0.3 is 41.2 Å². The average molecular weight is 637 g/mol. The van der Waals surface area contributed by atoms with Crippen LogP contribution < -0.4 is 15.5 Å². The van der Waals surface area contributed by atoms with Crippen LogP contribution in [0.4, 0.5) is 5.82 Å². The maximum Gasteiger partial charge on any atom is 3.00 e. The van der Waals surface area contributed by atoms with E-state index in [0.29, 0.717) is 31.4 Å². The topological polar surface area (TPSA) is 107 Å². The summed E-state index contributed by atoms with van der Waals surface area (Å²) in [5.74, 6) is 0.611. The second kappa shape index (κ2) is 19.8. The summed E-state index contributed by atoms with van der Waals surface area (Å²) in [6.45, 7) is 19.1. The Balaban J connectivity index is 0.000000317. The van der Waals surface area contributed by atoms with Crippen LogP contribution in [-0.4, -0.2) is 102 Å². The van der Waals surface area contributed by atoms with Crippen LogP contribution in [0.2, 0.25) is 0 Å². The Kier molecular flexibility index (Phi) is 16.9. The Morgan fingerprint density at radius 2 is 1.78 bits per heavy atom. The largest absolute Gasteiger partial charge is 3.00 e. The van der Waals surface area contributed by atoms with Crippen LogP contribution in [-0.2, 0) is 37.5 Å². The molecule has 10 nitrogen and oxygen atoms in total. The second-order valence-electron chi connectivity index (χ2n) is 9.69. The molecule has 2 saturated heterocycles. The van der Waals surface area contributed by atoms with Crippen molar-refractivity contribution in [3.63, 3.8) is 0 Å². The maximum atomic E-state index is 12.2. The molecule has 2 aliphatic rings. The van der Waals surface area contributed by atoms with Gasteiger partial charge in [0.05, 0.1) is 0 Å². The molecular weight excluding hydrogens is 593 g/mol. The van der Waals surface area contributed by atoms with Crippen molar-refractivity contribution in [1.29, 1.82) is 0 Å². The van der Waals surface area contributed by atoms with E-state index in [9.17, 15) is 9.59 Å². The Hall–Kier alpha value is -2.27. The molecular formula is C30H43N8O2Y. The molecule has 2 fully saturated rings. The number of nitrogens with zero attached hydrogens (tertiary/aromatic N) is 6. The molecule has 2 amide bonds. The number of carbonyl (C=O) groups is 2. The van der Waals surface area contributed by atoms with Gasteiger partial charge in [0.1, 0.15) is 0 Å². The van der Waals surface area contributed by atoms with E-state index in [-0.39, 0.29) is 44.5 Å². The van der Waals surface area contributed by atoms with E-state index in [2.05, 4.69) is 56.4 Å². The predicted molar refractivity (Wildman–Crippen MR) is 159 cm³/mol. The van der Waals surface area contributed by atoms with Crippen molar-refractivity contribution in [3.8, 4) is 0 Å². The van der Waals surface area contributed by atoms with E-state index in [1.165, 1.54) is 6.08 Å². The van der Waals surface area contributed by atoms with Crippen LogP contribution in [0.1, 0.15) is 41.7 Å². The smallest absolute Gasteiger partial charge is 0.397 e. The van der Waals surface area contributed by atoms with Crippen molar-refractivity contribution in [2.45, 2.75) is 31.7 Å². The first-order valence-corrected chi connectivity index (χ1v) is 14.1. The molecule has 0 aliphatic carbocycles. The zero-order chi connectivity index (χ0) is 28.6. The maximum absolute atomic E-state index is 12.2. The number of hydrogen-bond acceptors (Lipinski definition) is 8. The van der Waals surface area contributed by atoms with Gasteiger partial charge in [0.2, 0.25) is 5.91 Å². The molecule has 4 rings (SSSR count). The Morgan fingerprint density at radius 1 is 1.05 bits per heavy atom. The Morgan fingerprint density at radius 3 is 2.37 bits per heavy atom. The number of piperazine rings is 1. The zero-order valence-corrected chi connectivity index (χ0v) is 26.9. The number of nitrogens with one attached hydrogen (secondary N) is 2.